The quantitative estimate of drug-likeness (QED) is 0.367. The van der Waals surface area contributed by atoms with E-state index in [-0.39, 0.29) is 11.5 Å². The van der Waals surface area contributed by atoms with Gasteiger partial charge in [-0.05, 0) is 36.5 Å². The zero-order valence-corrected chi connectivity index (χ0v) is 18.0. The molecule has 31 heavy (non-hydrogen) atoms. The smallest absolute Gasteiger partial charge is 0.277 e. The molecule has 0 saturated heterocycles. The number of benzene rings is 2. The second kappa shape index (κ2) is 9.14. The molecule has 1 aromatic heterocycles. The molecule has 6 nitrogen and oxygen atoms in total. The van der Waals surface area contributed by atoms with Gasteiger partial charge in [-0.1, -0.05) is 67.4 Å². The first-order valence-corrected chi connectivity index (χ1v) is 11.7. The number of hydrogen-bond donors (Lipinski definition) is 0. The van der Waals surface area contributed by atoms with E-state index in [4.69, 9.17) is 13.9 Å². The normalized spacial score (nSPS) is 18.6. The first kappa shape index (κ1) is 20.1. The number of carbonyl (C=O) groups excluding carboxylic acids is 1. The van der Waals surface area contributed by atoms with Crippen LogP contribution in [-0.4, -0.2) is 28.3 Å². The highest BCUT2D eigenvalue weighted by atomic mass is 32.2. The molecule has 1 aliphatic carbocycles. The summed E-state index contributed by atoms with van der Waals surface area (Å²) in [7, 11) is 0. The second-order valence-corrected chi connectivity index (χ2v) is 8.87. The van der Waals surface area contributed by atoms with Crippen LogP contribution in [0.2, 0.25) is 0 Å². The summed E-state index contributed by atoms with van der Waals surface area (Å²) in [5.41, 5.74) is 2.06. The number of ether oxygens (including phenoxy) is 2. The molecule has 160 valence electrons. The highest BCUT2D eigenvalue weighted by Gasteiger charge is 2.27. The summed E-state index contributed by atoms with van der Waals surface area (Å²) in [6.45, 7) is 0.301. The van der Waals surface area contributed by atoms with Crippen LogP contribution >= 0.6 is 11.8 Å². The van der Waals surface area contributed by atoms with E-state index in [0.29, 0.717) is 40.7 Å². The summed E-state index contributed by atoms with van der Waals surface area (Å²) in [5.74, 6) is 2.63. The van der Waals surface area contributed by atoms with Crippen molar-refractivity contribution in [2.75, 3.05) is 12.4 Å². The number of hydrogen-bond acceptors (Lipinski definition) is 7. The van der Waals surface area contributed by atoms with Crippen LogP contribution in [0.1, 0.15) is 65.9 Å². The molecule has 2 heterocycles. The first-order valence-electron chi connectivity index (χ1n) is 10.7. The van der Waals surface area contributed by atoms with Gasteiger partial charge in [0.1, 0.15) is 6.61 Å². The third kappa shape index (κ3) is 4.61. The maximum atomic E-state index is 12.6. The number of rotatable bonds is 6. The molecule has 1 fully saturated rings. The van der Waals surface area contributed by atoms with Gasteiger partial charge in [0.25, 0.3) is 11.1 Å². The Bertz CT molecular complexity index is 1040. The molecule has 1 atom stereocenters. The van der Waals surface area contributed by atoms with Crippen LogP contribution in [0.3, 0.4) is 0 Å². The average molecular weight is 437 g/mol. The fraction of sp³-hybridized carbons (Fsp3) is 0.375. The summed E-state index contributed by atoms with van der Waals surface area (Å²) < 4.78 is 17.3. The van der Waals surface area contributed by atoms with Crippen LogP contribution in [0, 0.1) is 0 Å². The molecule has 2 aliphatic rings. The minimum absolute atomic E-state index is 0.0473. The lowest BCUT2D eigenvalue weighted by Gasteiger charge is -2.23. The summed E-state index contributed by atoms with van der Waals surface area (Å²) in [4.78, 5) is 12.6. The van der Waals surface area contributed by atoms with Gasteiger partial charge in [-0.3, -0.25) is 4.79 Å². The Morgan fingerprint density at radius 1 is 0.968 bits per heavy atom. The van der Waals surface area contributed by atoms with Gasteiger partial charge in [0.2, 0.25) is 6.10 Å². The molecular weight excluding hydrogens is 412 g/mol. The van der Waals surface area contributed by atoms with E-state index in [1.807, 2.05) is 36.4 Å². The maximum Gasteiger partial charge on any atom is 0.277 e. The Morgan fingerprint density at radius 3 is 2.55 bits per heavy atom. The molecule has 3 aromatic rings. The Hall–Kier alpha value is -2.80. The van der Waals surface area contributed by atoms with Gasteiger partial charge in [0.15, 0.2) is 17.3 Å². The molecule has 5 rings (SSSR count). The van der Waals surface area contributed by atoms with Crippen molar-refractivity contribution in [2.45, 2.75) is 49.3 Å². The summed E-state index contributed by atoms with van der Waals surface area (Å²) in [6.07, 6.45) is 6.00. The minimum Gasteiger partial charge on any atom is -0.485 e. The SMILES string of the molecule is O=C(CSc1nnc([C@H]2COc3ccccc3O2)o1)c1ccc(C2CCCCC2)cc1. The van der Waals surface area contributed by atoms with Gasteiger partial charge < -0.3 is 13.9 Å². The molecule has 2 aromatic carbocycles. The third-order valence-corrected chi connectivity index (χ3v) is 6.66. The number of para-hydroxylation sites is 2. The number of thioether (sulfide) groups is 1. The molecule has 0 bridgehead atoms. The van der Waals surface area contributed by atoms with Gasteiger partial charge >= 0.3 is 0 Å². The van der Waals surface area contributed by atoms with E-state index in [9.17, 15) is 4.79 Å². The highest BCUT2D eigenvalue weighted by molar-refractivity contribution is 7.99. The molecule has 1 aliphatic heterocycles. The number of aromatic nitrogens is 2. The van der Waals surface area contributed by atoms with Crippen LogP contribution in [0.15, 0.2) is 58.2 Å². The Kier molecular flexibility index (Phi) is 5.93. The van der Waals surface area contributed by atoms with E-state index < -0.39 is 6.10 Å². The van der Waals surface area contributed by atoms with Crippen LogP contribution in [0.5, 0.6) is 11.5 Å². The molecule has 0 unspecified atom stereocenters. The van der Waals surface area contributed by atoms with Gasteiger partial charge in [0.05, 0.1) is 5.75 Å². The average Bonchev–Trinajstić information content (AvgIpc) is 3.32. The molecule has 0 N–H and O–H groups in total. The number of fused-ring (bicyclic) bond motifs is 1. The minimum atomic E-state index is -0.459. The summed E-state index contributed by atoms with van der Waals surface area (Å²) in [5, 5.41) is 8.47. The van der Waals surface area contributed by atoms with Crippen molar-refractivity contribution in [3.63, 3.8) is 0 Å². The highest BCUT2D eigenvalue weighted by Crippen LogP contribution is 2.36. The van der Waals surface area contributed by atoms with Crippen molar-refractivity contribution >= 4 is 17.5 Å². The van der Waals surface area contributed by atoms with Crippen molar-refractivity contribution in [1.29, 1.82) is 0 Å². The lowest BCUT2D eigenvalue weighted by Crippen LogP contribution is -2.21. The largest absolute Gasteiger partial charge is 0.485 e. The second-order valence-electron chi connectivity index (χ2n) is 7.94. The molecule has 0 amide bonds. The van der Waals surface area contributed by atoms with E-state index in [1.165, 1.54) is 49.4 Å². The summed E-state index contributed by atoms with van der Waals surface area (Å²) >= 11 is 1.24. The number of ketones is 1. The van der Waals surface area contributed by atoms with Crippen LogP contribution in [0.25, 0.3) is 0 Å². The monoisotopic (exact) mass is 436 g/mol. The van der Waals surface area contributed by atoms with E-state index in [0.717, 1.165) is 0 Å². The van der Waals surface area contributed by atoms with Gasteiger partial charge in [0, 0.05) is 5.56 Å². The fourth-order valence-corrected chi connectivity index (χ4v) is 4.80. The molecule has 7 heteroatoms. The number of Topliss-reactive ketones (excluding diaryl/α,β-unsaturated/α-hetero) is 1. The molecule has 0 radical (unpaired) electrons. The van der Waals surface area contributed by atoms with Gasteiger partial charge in [-0.2, -0.15) is 0 Å². The molecule has 0 spiro atoms. The molecular formula is C24H24N2O4S. The van der Waals surface area contributed by atoms with Gasteiger partial charge in [-0.15, -0.1) is 10.2 Å². The topological polar surface area (TPSA) is 74.5 Å². The van der Waals surface area contributed by atoms with Crippen LogP contribution < -0.4 is 9.47 Å². The van der Waals surface area contributed by atoms with Crippen molar-refractivity contribution in [3.8, 4) is 11.5 Å². The van der Waals surface area contributed by atoms with Crippen molar-refractivity contribution in [3.05, 3.63) is 65.5 Å². The zero-order chi connectivity index (χ0) is 21.0. The summed E-state index contributed by atoms with van der Waals surface area (Å²) in [6, 6.07) is 15.6. The molecule has 1 saturated carbocycles. The maximum absolute atomic E-state index is 12.6. The standard InChI is InChI=1S/C24H24N2O4S/c27-19(18-12-10-17(11-13-18)16-6-2-1-3-7-16)15-31-24-26-25-23(30-24)22-14-28-20-8-4-5-9-21(20)29-22/h4-5,8-13,16,22H,1-3,6-7,14-15H2/t22-/m1/s1. The van der Waals surface area contributed by atoms with E-state index >= 15 is 0 Å². The van der Waals surface area contributed by atoms with E-state index in [2.05, 4.69) is 22.3 Å². The predicted octanol–water partition coefficient (Wildman–Crippen LogP) is 5.60. The van der Waals surface area contributed by atoms with Crippen LogP contribution in [-0.2, 0) is 0 Å². The lowest BCUT2D eigenvalue weighted by molar-refractivity contribution is 0.0686. The predicted molar refractivity (Wildman–Crippen MR) is 117 cm³/mol. The Morgan fingerprint density at radius 2 is 1.74 bits per heavy atom. The third-order valence-electron chi connectivity index (χ3n) is 5.84. The van der Waals surface area contributed by atoms with Crippen LogP contribution in [0.4, 0.5) is 0 Å². The Balaban J connectivity index is 1.16. The van der Waals surface area contributed by atoms with Crippen molar-refractivity contribution in [1.82, 2.24) is 10.2 Å². The fourth-order valence-electron chi connectivity index (χ4n) is 4.14. The van der Waals surface area contributed by atoms with Gasteiger partial charge in [-0.25, -0.2) is 0 Å². The first-order chi connectivity index (χ1) is 15.3. The van der Waals surface area contributed by atoms with E-state index in [1.54, 1.807) is 0 Å². The lowest BCUT2D eigenvalue weighted by atomic mass is 9.84. The number of nitrogens with zero attached hydrogens (tertiary/aromatic N) is 2. The van der Waals surface area contributed by atoms with Crippen molar-refractivity contribution in [2.24, 2.45) is 0 Å². The van der Waals surface area contributed by atoms with Crippen molar-refractivity contribution < 1.29 is 18.7 Å². The zero-order valence-electron chi connectivity index (χ0n) is 17.2. The number of carbonyl (C=O) groups is 1. The Labute approximate surface area is 185 Å².